The van der Waals surface area contributed by atoms with Crippen LogP contribution >= 0.6 is 0 Å². The van der Waals surface area contributed by atoms with Crippen molar-refractivity contribution in [2.45, 2.75) is 18.9 Å². The third kappa shape index (κ3) is 3.41. The van der Waals surface area contributed by atoms with Crippen molar-refractivity contribution in [1.29, 1.82) is 0 Å². The quantitative estimate of drug-likeness (QED) is 0.833. The second-order valence-corrected chi connectivity index (χ2v) is 5.41. The summed E-state index contributed by atoms with van der Waals surface area (Å²) in [7, 11) is 3.27. The van der Waals surface area contributed by atoms with E-state index in [2.05, 4.69) is 15.1 Å². The molecule has 0 aromatic carbocycles. The molecule has 3 heterocycles. The number of methoxy groups -OCH3 is 1. The predicted molar refractivity (Wildman–Crippen MR) is 81.3 cm³/mol. The molecule has 8 heteroatoms. The van der Waals surface area contributed by atoms with Crippen molar-refractivity contribution >= 4 is 5.91 Å². The van der Waals surface area contributed by atoms with Gasteiger partial charge in [0.2, 0.25) is 11.8 Å². The van der Waals surface area contributed by atoms with Gasteiger partial charge in [0.05, 0.1) is 13.7 Å². The van der Waals surface area contributed by atoms with Crippen molar-refractivity contribution in [1.82, 2.24) is 24.6 Å². The van der Waals surface area contributed by atoms with Gasteiger partial charge in [0, 0.05) is 32.1 Å². The molecule has 2 aromatic heterocycles. The summed E-state index contributed by atoms with van der Waals surface area (Å²) in [6.45, 7) is 1.21. The fourth-order valence-corrected chi connectivity index (χ4v) is 2.67. The standard InChI is InChI=1S/C15H19N5O3/c1-19-9-12(14(18-19)22-2)15(21)20-7-3-4-11(8-20)23-13-5-6-16-10-17-13/h5-6,9-11H,3-4,7-8H2,1-2H3/t11-/m0/s1. The van der Waals surface area contributed by atoms with Gasteiger partial charge in [-0.2, -0.15) is 0 Å². The van der Waals surface area contributed by atoms with Gasteiger partial charge in [0.1, 0.15) is 18.0 Å². The molecular formula is C15H19N5O3. The topological polar surface area (TPSA) is 82.4 Å². The number of ether oxygens (including phenoxy) is 2. The summed E-state index contributed by atoms with van der Waals surface area (Å²) >= 11 is 0. The van der Waals surface area contributed by atoms with Crippen LogP contribution in [0.3, 0.4) is 0 Å². The first kappa shape index (κ1) is 15.3. The molecule has 2 aromatic rings. The molecule has 1 atom stereocenters. The highest BCUT2D eigenvalue weighted by atomic mass is 16.5. The van der Waals surface area contributed by atoms with Gasteiger partial charge < -0.3 is 14.4 Å². The molecule has 0 spiro atoms. The van der Waals surface area contributed by atoms with E-state index in [9.17, 15) is 4.79 Å². The second kappa shape index (κ2) is 6.64. The van der Waals surface area contributed by atoms with Crippen LogP contribution in [-0.2, 0) is 7.05 Å². The first-order chi connectivity index (χ1) is 11.2. The van der Waals surface area contributed by atoms with Gasteiger partial charge >= 0.3 is 0 Å². The molecule has 122 valence electrons. The highest BCUT2D eigenvalue weighted by molar-refractivity contribution is 5.96. The van der Waals surface area contributed by atoms with E-state index in [0.717, 1.165) is 12.8 Å². The van der Waals surface area contributed by atoms with Crippen LogP contribution in [0.4, 0.5) is 0 Å². The Bertz CT molecular complexity index is 673. The summed E-state index contributed by atoms with van der Waals surface area (Å²) in [4.78, 5) is 22.4. The van der Waals surface area contributed by atoms with Crippen LogP contribution < -0.4 is 9.47 Å². The number of nitrogens with zero attached hydrogens (tertiary/aromatic N) is 5. The summed E-state index contributed by atoms with van der Waals surface area (Å²) in [6, 6.07) is 1.71. The molecule has 1 aliphatic rings. The van der Waals surface area contributed by atoms with Crippen LogP contribution in [0.15, 0.2) is 24.8 Å². The van der Waals surface area contributed by atoms with Crippen molar-refractivity contribution in [2.75, 3.05) is 20.2 Å². The molecule has 0 aliphatic carbocycles. The molecule has 0 bridgehead atoms. The molecule has 8 nitrogen and oxygen atoms in total. The number of carbonyl (C=O) groups is 1. The van der Waals surface area contributed by atoms with E-state index in [-0.39, 0.29) is 12.0 Å². The van der Waals surface area contributed by atoms with Gasteiger partial charge in [-0.15, -0.1) is 5.10 Å². The Morgan fingerprint density at radius 1 is 1.43 bits per heavy atom. The number of hydrogen-bond donors (Lipinski definition) is 0. The van der Waals surface area contributed by atoms with Gasteiger partial charge in [-0.05, 0) is 12.8 Å². The lowest BCUT2D eigenvalue weighted by atomic mass is 10.1. The Labute approximate surface area is 134 Å². The zero-order valence-electron chi connectivity index (χ0n) is 13.2. The number of amides is 1. The minimum atomic E-state index is -0.0917. The smallest absolute Gasteiger partial charge is 0.261 e. The highest BCUT2D eigenvalue weighted by Gasteiger charge is 2.28. The summed E-state index contributed by atoms with van der Waals surface area (Å²) < 4.78 is 12.6. The first-order valence-corrected chi connectivity index (χ1v) is 7.47. The maximum Gasteiger partial charge on any atom is 0.261 e. The van der Waals surface area contributed by atoms with Crippen molar-refractivity contribution in [3.63, 3.8) is 0 Å². The summed E-state index contributed by atoms with van der Waals surface area (Å²) in [5, 5.41) is 4.13. The largest absolute Gasteiger partial charge is 0.479 e. The number of rotatable bonds is 4. The fourth-order valence-electron chi connectivity index (χ4n) is 2.67. The van der Waals surface area contributed by atoms with E-state index < -0.39 is 0 Å². The molecule has 1 aliphatic heterocycles. The van der Waals surface area contributed by atoms with E-state index in [0.29, 0.717) is 30.4 Å². The zero-order valence-corrected chi connectivity index (χ0v) is 13.2. The fraction of sp³-hybridized carbons (Fsp3) is 0.467. The lowest BCUT2D eigenvalue weighted by Crippen LogP contribution is -2.44. The van der Waals surface area contributed by atoms with Crippen molar-refractivity contribution in [3.8, 4) is 11.8 Å². The molecule has 0 saturated carbocycles. The number of hydrogen-bond acceptors (Lipinski definition) is 6. The Morgan fingerprint density at radius 2 is 2.30 bits per heavy atom. The van der Waals surface area contributed by atoms with Crippen LogP contribution in [0.1, 0.15) is 23.2 Å². The monoisotopic (exact) mass is 317 g/mol. The van der Waals surface area contributed by atoms with Crippen LogP contribution in [0.25, 0.3) is 0 Å². The predicted octanol–water partition coefficient (Wildman–Crippen LogP) is 0.902. The normalized spacial score (nSPS) is 17.8. The van der Waals surface area contributed by atoms with Crippen molar-refractivity contribution in [2.24, 2.45) is 7.05 Å². The molecule has 0 radical (unpaired) electrons. The highest BCUT2D eigenvalue weighted by Crippen LogP contribution is 2.21. The van der Waals surface area contributed by atoms with E-state index >= 15 is 0 Å². The van der Waals surface area contributed by atoms with Crippen LogP contribution in [0.2, 0.25) is 0 Å². The average molecular weight is 317 g/mol. The third-order valence-corrected chi connectivity index (χ3v) is 3.73. The van der Waals surface area contributed by atoms with Gasteiger partial charge in [-0.1, -0.05) is 0 Å². The van der Waals surface area contributed by atoms with Crippen molar-refractivity contribution < 1.29 is 14.3 Å². The van der Waals surface area contributed by atoms with E-state index in [1.165, 1.54) is 13.4 Å². The molecule has 1 amide bonds. The zero-order chi connectivity index (χ0) is 16.2. The minimum Gasteiger partial charge on any atom is -0.479 e. The molecular weight excluding hydrogens is 298 g/mol. The SMILES string of the molecule is COc1nn(C)cc1C(=O)N1CCC[C@H](Oc2ccncn2)C1. The average Bonchev–Trinajstić information content (AvgIpc) is 2.96. The van der Waals surface area contributed by atoms with Crippen LogP contribution in [0, 0.1) is 0 Å². The minimum absolute atomic E-state index is 0.0785. The number of aryl methyl sites for hydroxylation is 1. The van der Waals surface area contributed by atoms with Gasteiger partial charge in [-0.3, -0.25) is 9.48 Å². The number of likely N-dealkylation sites (tertiary alicyclic amines) is 1. The number of carbonyl (C=O) groups excluding carboxylic acids is 1. The van der Waals surface area contributed by atoms with E-state index in [1.807, 2.05) is 0 Å². The lowest BCUT2D eigenvalue weighted by molar-refractivity contribution is 0.0524. The maximum absolute atomic E-state index is 12.7. The molecule has 23 heavy (non-hydrogen) atoms. The van der Waals surface area contributed by atoms with Gasteiger partial charge in [0.25, 0.3) is 5.91 Å². The van der Waals surface area contributed by atoms with Crippen LogP contribution in [0.5, 0.6) is 11.8 Å². The maximum atomic E-state index is 12.7. The van der Waals surface area contributed by atoms with Crippen molar-refractivity contribution in [3.05, 3.63) is 30.4 Å². The third-order valence-electron chi connectivity index (χ3n) is 3.73. The lowest BCUT2D eigenvalue weighted by Gasteiger charge is -2.32. The Balaban J connectivity index is 1.69. The number of piperidine rings is 1. The van der Waals surface area contributed by atoms with Gasteiger partial charge in [-0.25, -0.2) is 9.97 Å². The van der Waals surface area contributed by atoms with E-state index in [4.69, 9.17) is 9.47 Å². The summed E-state index contributed by atoms with van der Waals surface area (Å²) in [5.41, 5.74) is 0.470. The first-order valence-electron chi connectivity index (χ1n) is 7.47. The molecule has 1 fully saturated rings. The molecule has 0 unspecified atom stereocenters. The molecule has 3 rings (SSSR count). The molecule has 1 saturated heterocycles. The summed E-state index contributed by atoms with van der Waals surface area (Å²) in [5.74, 6) is 0.778. The van der Waals surface area contributed by atoms with Crippen LogP contribution in [-0.4, -0.2) is 56.9 Å². The summed E-state index contributed by atoms with van der Waals surface area (Å²) in [6.07, 6.45) is 6.44. The second-order valence-electron chi connectivity index (χ2n) is 5.41. The Hall–Kier alpha value is -2.64. The molecule has 0 N–H and O–H groups in total. The Morgan fingerprint density at radius 3 is 3.04 bits per heavy atom. The van der Waals surface area contributed by atoms with Gasteiger partial charge in [0.15, 0.2) is 0 Å². The van der Waals surface area contributed by atoms with E-state index in [1.54, 1.807) is 35.1 Å². The Kier molecular flexibility index (Phi) is 4.40. The number of aromatic nitrogens is 4.